The van der Waals surface area contributed by atoms with Crippen LogP contribution in [0.25, 0.3) is 5.76 Å². The zero-order chi connectivity index (χ0) is 17.5. The third kappa shape index (κ3) is 3.04. The number of carbonyl (C=O) groups is 1. The summed E-state index contributed by atoms with van der Waals surface area (Å²) >= 11 is 0. The Hall–Kier alpha value is -1.90. The molecule has 1 aliphatic heterocycles. The van der Waals surface area contributed by atoms with Gasteiger partial charge in [-0.05, 0) is 47.0 Å². The van der Waals surface area contributed by atoms with Gasteiger partial charge in [-0.25, -0.2) is 0 Å². The van der Waals surface area contributed by atoms with Crippen molar-refractivity contribution >= 4 is 17.3 Å². The molecular weight excluding hydrogens is 298 g/mol. The van der Waals surface area contributed by atoms with Crippen molar-refractivity contribution in [2.45, 2.75) is 71.4 Å². The minimum atomic E-state index is -0.236. The van der Waals surface area contributed by atoms with Gasteiger partial charge in [0.25, 0.3) is 0 Å². The molecule has 3 nitrogen and oxygen atoms in total. The number of carbonyl (C=O) groups excluding carboxylic acids is 1. The fourth-order valence-electron chi connectivity index (χ4n) is 3.60. The van der Waals surface area contributed by atoms with Crippen molar-refractivity contribution in [3.63, 3.8) is 0 Å². The molecule has 0 aromatic heterocycles. The van der Waals surface area contributed by atoms with E-state index in [1.807, 2.05) is 24.3 Å². The maximum atomic E-state index is 13.1. The molecule has 0 radical (unpaired) electrons. The van der Waals surface area contributed by atoms with Crippen molar-refractivity contribution < 1.29 is 9.53 Å². The highest BCUT2D eigenvalue weighted by Crippen LogP contribution is 2.41. The van der Waals surface area contributed by atoms with E-state index in [0.29, 0.717) is 5.71 Å². The maximum absolute atomic E-state index is 13.1. The molecule has 0 N–H and O–H groups in total. The van der Waals surface area contributed by atoms with Crippen molar-refractivity contribution in [1.82, 2.24) is 0 Å². The Morgan fingerprint density at radius 2 is 1.88 bits per heavy atom. The van der Waals surface area contributed by atoms with E-state index in [0.717, 1.165) is 48.1 Å². The molecule has 0 fully saturated rings. The SMILES string of the molecule is CCCC(C)(C)N=C1C(=O)C2=C(OC(C)(C)CC2)c2ccccc21. The number of rotatable bonds is 3. The average Bonchev–Trinajstić information content (AvgIpc) is 2.50. The van der Waals surface area contributed by atoms with E-state index in [2.05, 4.69) is 34.6 Å². The van der Waals surface area contributed by atoms with E-state index in [1.54, 1.807) is 0 Å². The third-order valence-electron chi connectivity index (χ3n) is 4.82. The number of ketones is 1. The Kier molecular flexibility index (Phi) is 4.15. The summed E-state index contributed by atoms with van der Waals surface area (Å²) in [4.78, 5) is 18.0. The first kappa shape index (κ1) is 16.9. The van der Waals surface area contributed by atoms with Crippen molar-refractivity contribution in [2.75, 3.05) is 0 Å². The summed E-state index contributed by atoms with van der Waals surface area (Å²) < 4.78 is 6.20. The second-order valence-corrected chi connectivity index (χ2v) is 8.07. The lowest BCUT2D eigenvalue weighted by Crippen LogP contribution is -2.36. The normalized spacial score (nSPS) is 21.4. The van der Waals surface area contributed by atoms with Crippen molar-refractivity contribution in [3.8, 4) is 0 Å². The maximum Gasteiger partial charge on any atom is 0.211 e. The summed E-state index contributed by atoms with van der Waals surface area (Å²) in [7, 11) is 0. The predicted octanol–water partition coefficient (Wildman–Crippen LogP) is 4.94. The standard InChI is InChI=1S/C21H27NO2/c1-6-12-20(2,3)22-17-14-9-7-8-10-15(14)19-16(18(17)23)11-13-21(4,5)24-19/h7-10H,6,11-13H2,1-5H3. The number of allylic oxidation sites excluding steroid dienone is 1. The minimum absolute atomic E-state index is 0.0448. The quantitative estimate of drug-likeness (QED) is 0.789. The smallest absolute Gasteiger partial charge is 0.211 e. The molecule has 24 heavy (non-hydrogen) atoms. The van der Waals surface area contributed by atoms with Crippen molar-refractivity contribution in [1.29, 1.82) is 0 Å². The highest BCUT2D eigenvalue weighted by molar-refractivity contribution is 6.54. The van der Waals surface area contributed by atoms with E-state index in [-0.39, 0.29) is 16.9 Å². The van der Waals surface area contributed by atoms with Crippen LogP contribution in [0.2, 0.25) is 0 Å². The summed E-state index contributed by atoms with van der Waals surface area (Å²) in [6.07, 6.45) is 3.61. The van der Waals surface area contributed by atoms with Crippen LogP contribution in [0, 0.1) is 0 Å². The van der Waals surface area contributed by atoms with Crippen LogP contribution in [0.3, 0.4) is 0 Å². The van der Waals surface area contributed by atoms with E-state index in [1.165, 1.54) is 0 Å². The van der Waals surface area contributed by atoms with Gasteiger partial charge in [-0.2, -0.15) is 0 Å². The fourth-order valence-corrected chi connectivity index (χ4v) is 3.60. The summed E-state index contributed by atoms with van der Waals surface area (Å²) in [5.41, 5.74) is 2.83. The molecule has 3 heteroatoms. The lowest BCUT2D eigenvalue weighted by molar-refractivity contribution is -0.110. The molecule has 3 rings (SSSR count). The molecule has 0 saturated carbocycles. The molecule has 1 aliphatic carbocycles. The summed E-state index contributed by atoms with van der Waals surface area (Å²) in [6, 6.07) is 8.00. The first-order chi connectivity index (χ1) is 11.2. The van der Waals surface area contributed by atoms with Gasteiger partial charge >= 0.3 is 0 Å². The molecule has 0 unspecified atom stereocenters. The number of fused-ring (bicyclic) bond motifs is 2. The molecule has 0 bridgehead atoms. The first-order valence-corrected chi connectivity index (χ1v) is 8.90. The van der Waals surface area contributed by atoms with Crippen LogP contribution in [-0.2, 0) is 9.53 Å². The lowest BCUT2D eigenvalue weighted by Gasteiger charge is -2.37. The van der Waals surface area contributed by atoms with Gasteiger partial charge in [0.2, 0.25) is 5.78 Å². The Morgan fingerprint density at radius 1 is 1.21 bits per heavy atom. The van der Waals surface area contributed by atoms with Gasteiger partial charge in [0.05, 0.1) is 5.54 Å². The van der Waals surface area contributed by atoms with E-state index >= 15 is 0 Å². The Morgan fingerprint density at radius 3 is 2.54 bits per heavy atom. The van der Waals surface area contributed by atoms with Crippen LogP contribution >= 0.6 is 0 Å². The Labute approximate surface area is 144 Å². The molecular formula is C21H27NO2. The van der Waals surface area contributed by atoms with E-state index in [9.17, 15) is 4.79 Å². The van der Waals surface area contributed by atoms with Gasteiger partial charge in [-0.1, -0.05) is 37.6 Å². The zero-order valence-corrected chi connectivity index (χ0v) is 15.4. The second-order valence-electron chi connectivity index (χ2n) is 8.07. The molecule has 2 aliphatic rings. The van der Waals surface area contributed by atoms with Gasteiger partial charge in [-0.15, -0.1) is 0 Å². The molecule has 0 spiro atoms. The van der Waals surface area contributed by atoms with Gasteiger partial charge in [0.15, 0.2) is 0 Å². The first-order valence-electron chi connectivity index (χ1n) is 8.90. The third-order valence-corrected chi connectivity index (χ3v) is 4.82. The number of benzene rings is 1. The largest absolute Gasteiger partial charge is 0.487 e. The van der Waals surface area contributed by atoms with E-state index in [4.69, 9.17) is 9.73 Å². The van der Waals surface area contributed by atoms with Crippen LogP contribution in [0.15, 0.2) is 34.8 Å². The fraction of sp³-hybridized carbons (Fsp3) is 0.524. The topological polar surface area (TPSA) is 38.7 Å². The Balaban J connectivity index is 2.15. The molecule has 0 saturated heterocycles. The molecule has 1 aromatic carbocycles. The molecule has 128 valence electrons. The van der Waals surface area contributed by atoms with Gasteiger partial charge in [0, 0.05) is 16.7 Å². The van der Waals surface area contributed by atoms with Gasteiger partial charge < -0.3 is 4.74 Å². The van der Waals surface area contributed by atoms with Gasteiger partial charge in [0.1, 0.15) is 17.1 Å². The Bertz CT molecular complexity index is 738. The van der Waals surface area contributed by atoms with Crippen LogP contribution in [0.1, 0.15) is 71.4 Å². The molecule has 1 heterocycles. The predicted molar refractivity (Wildman–Crippen MR) is 98.3 cm³/mol. The monoisotopic (exact) mass is 325 g/mol. The summed E-state index contributed by atoms with van der Waals surface area (Å²) in [6.45, 7) is 10.5. The van der Waals surface area contributed by atoms with Crippen molar-refractivity contribution in [3.05, 3.63) is 41.0 Å². The minimum Gasteiger partial charge on any atom is -0.487 e. The van der Waals surface area contributed by atoms with Crippen LogP contribution in [0.4, 0.5) is 0 Å². The summed E-state index contributed by atoms with van der Waals surface area (Å²) in [5.74, 6) is 0.808. The highest BCUT2D eigenvalue weighted by atomic mass is 16.5. The number of hydrogen-bond donors (Lipinski definition) is 0. The molecule has 1 aromatic rings. The lowest BCUT2D eigenvalue weighted by atomic mass is 9.81. The second kappa shape index (κ2) is 5.87. The number of nitrogens with zero attached hydrogens (tertiary/aromatic N) is 1. The number of aliphatic imine (C=N–C) groups is 1. The number of hydrogen-bond acceptors (Lipinski definition) is 3. The average molecular weight is 325 g/mol. The number of Topliss-reactive ketones (excluding diaryl/α,β-unsaturated/α-hetero) is 1. The molecule has 0 atom stereocenters. The number of ether oxygens (including phenoxy) is 1. The zero-order valence-electron chi connectivity index (χ0n) is 15.4. The van der Waals surface area contributed by atoms with Crippen LogP contribution in [0.5, 0.6) is 0 Å². The van der Waals surface area contributed by atoms with Crippen molar-refractivity contribution in [2.24, 2.45) is 4.99 Å². The van der Waals surface area contributed by atoms with E-state index < -0.39 is 0 Å². The highest BCUT2D eigenvalue weighted by Gasteiger charge is 2.39. The van der Waals surface area contributed by atoms with Crippen LogP contribution in [-0.4, -0.2) is 22.6 Å². The molecule has 0 amide bonds. The van der Waals surface area contributed by atoms with Gasteiger partial charge in [-0.3, -0.25) is 9.79 Å². The summed E-state index contributed by atoms with van der Waals surface area (Å²) in [5, 5.41) is 0. The van der Waals surface area contributed by atoms with Crippen LogP contribution < -0.4 is 0 Å².